The van der Waals surface area contributed by atoms with Gasteiger partial charge in [-0.2, -0.15) is 5.10 Å². The third-order valence-corrected chi connectivity index (χ3v) is 5.73. The van der Waals surface area contributed by atoms with Crippen LogP contribution >= 0.6 is 23.4 Å². The molecule has 0 aliphatic rings. The van der Waals surface area contributed by atoms with Gasteiger partial charge in [-0.05, 0) is 30.7 Å². The SMILES string of the molecule is Cc1occc1-c1nnc(SCC(=O)Nc2ccnn2Cc2cccc(Cl)c2)n1C. The van der Waals surface area contributed by atoms with Crippen LogP contribution in [0.4, 0.5) is 5.82 Å². The molecule has 0 atom stereocenters. The van der Waals surface area contributed by atoms with Gasteiger partial charge in [0.1, 0.15) is 11.6 Å². The van der Waals surface area contributed by atoms with E-state index in [1.807, 2.05) is 48.9 Å². The molecule has 4 rings (SSSR count). The molecule has 0 aliphatic carbocycles. The van der Waals surface area contributed by atoms with Crippen molar-refractivity contribution in [3.63, 3.8) is 0 Å². The first-order valence-electron chi connectivity index (χ1n) is 9.14. The van der Waals surface area contributed by atoms with Gasteiger partial charge in [0.15, 0.2) is 11.0 Å². The first kappa shape index (κ1) is 20.2. The van der Waals surface area contributed by atoms with E-state index in [2.05, 4.69) is 20.6 Å². The van der Waals surface area contributed by atoms with Gasteiger partial charge in [0.05, 0.1) is 30.3 Å². The highest BCUT2D eigenvalue weighted by atomic mass is 35.5. The summed E-state index contributed by atoms with van der Waals surface area (Å²) in [7, 11) is 1.86. The van der Waals surface area contributed by atoms with Gasteiger partial charge in [0.25, 0.3) is 0 Å². The van der Waals surface area contributed by atoms with Crippen LogP contribution in [0.25, 0.3) is 11.4 Å². The number of aromatic nitrogens is 5. The first-order valence-corrected chi connectivity index (χ1v) is 10.5. The standard InChI is InChI=1S/C20H19ClN6O2S/c1-13-16(7-9-29-13)19-24-25-20(26(19)2)30-12-18(28)23-17-6-8-22-27(17)11-14-4-3-5-15(21)10-14/h3-10H,11-12H2,1-2H3,(H,23,28). The Kier molecular flexibility index (Phi) is 5.91. The number of benzene rings is 1. The molecule has 3 heterocycles. The van der Waals surface area contributed by atoms with Crippen LogP contribution in [0.15, 0.2) is 58.4 Å². The summed E-state index contributed by atoms with van der Waals surface area (Å²) in [5.41, 5.74) is 1.88. The van der Waals surface area contributed by atoms with Crippen molar-refractivity contribution in [1.29, 1.82) is 0 Å². The lowest BCUT2D eigenvalue weighted by Gasteiger charge is -2.09. The van der Waals surface area contributed by atoms with Gasteiger partial charge in [-0.3, -0.25) is 4.79 Å². The van der Waals surface area contributed by atoms with Crippen molar-refractivity contribution in [2.45, 2.75) is 18.6 Å². The van der Waals surface area contributed by atoms with E-state index in [1.54, 1.807) is 23.2 Å². The van der Waals surface area contributed by atoms with Crippen molar-refractivity contribution >= 4 is 35.1 Å². The molecule has 0 radical (unpaired) electrons. The fourth-order valence-electron chi connectivity index (χ4n) is 2.97. The second-order valence-electron chi connectivity index (χ2n) is 6.60. The molecule has 154 valence electrons. The number of thioether (sulfide) groups is 1. The van der Waals surface area contributed by atoms with E-state index in [1.165, 1.54) is 11.8 Å². The Morgan fingerprint density at radius 3 is 2.90 bits per heavy atom. The number of nitrogens with zero attached hydrogens (tertiary/aromatic N) is 5. The lowest BCUT2D eigenvalue weighted by Crippen LogP contribution is -2.18. The fourth-order valence-corrected chi connectivity index (χ4v) is 3.90. The second kappa shape index (κ2) is 8.76. The van der Waals surface area contributed by atoms with Gasteiger partial charge in [-0.25, -0.2) is 4.68 Å². The van der Waals surface area contributed by atoms with Crippen molar-refractivity contribution < 1.29 is 9.21 Å². The average molecular weight is 443 g/mol. The molecule has 1 aromatic carbocycles. The fraction of sp³-hybridized carbons (Fsp3) is 0.200. The Morgan fingerprint density at radius 1 is 1.27 bits per heavy atom. The molecule has 0 unspecified atom stereocenters. The van der Waals surface area contributed by atoms with E-state index < -0.39 is 0 Å². The third kappa shape index (κ3) is 4.42. The Balaban J connectivity index is 1.38. The quantitative estimate of drug-likeness (QED) is 0.435. The van der Waals surface area contributed by atoms with Crippen LogP contribution in [0.1, 0.15) is 11.3 Å². The van der Waals surface area contributed by atoms with Crippen molar-refractivity contribution in [1.82, 2.24) is 24.5 Å². The summed E-state index contributed by atoms with van der Waals surface area (Å²) in [6.07, 6.45) is 3.27. The topological polar surface area (TPSA) is 90.8 Å². The number of aryl methyl sites for hydroxylation is 1. The number of hydrogen-bond donors (Lipinski definition) is 1. The highest BCUT2D eigenvalue weighted by Gasteiger charge is 2.16. The van der Waals surface area contributed by atoms with Crippen LogP contribution in [0.3, 0.4) is 0 Å². The van der Waals surface area contributed by atoms with Crippen molar-refractivity contribution in [2.24, 2.45) is 7.05 Å². The third-order valence-electron chi connectivity index (χ3n) is 4.47. The van der Waals surface area contributed by atoms with E-state index >= 15 is 0 Å². The molecule has 30 heavy (non-hydrogen) atoms. The van der Waals surface area contributed by atoms with Gasteiger partial charge in [0.2, 0.25) is 5.91 Å². The summed E-state index contributed by atoms with van der Waals surface area (Å²) in [6.45, 7) is 2.38. The molecule has 1 amide bonds. The molecular weight excluding hydrogens is 424 g/mol. The molecule has 3 aromatic heterocycles. The number of rotatable bonds is 7. The van der Waals surface area contributed by atoms with E-state index in [-0.39, 0.29) is 11.7 Å². The molecule has 0 aliphatic heterocycles. The predicted octanol–water partition coefficient (Wildman–Crippen LogP) is 4.01. The van der Waals surface area contributed by atoms with Crippen LogP contribution in [0, 0.1) is 6.92 Å². The molecule has 0 spiro atoms. The van der Waals surface area contributed by atoms with Crippen LogP contribution in [-0.2, 0) is 18.4 Å². The summed E-state index contributed by atoms with van der Waals surface area (Å²) in [5, 5.41) is 16.9. The summed E-state index contributed by atoms with van der Waals surface area (Å²) in [5.74, 6) is 2.13. The molecule has 0 bridgehead atoms. The minimum absolute atomic E-state index is 0.156. The van der Waals surface area contributed by atoms with Crippen molar-refractivity contribution in [3.8, 4) is 11.4 Å². The smallest absolute Gasteiger partial charge is 0.235 e. The number of carbonyl (C=O) groups is 1. The zero-order chi connectivity index (χ0) is 21.1. The molecule has 0 saturated carbocycles. The lowest BCUT2D eigenvalue weighted by molar-refractivity contribution is -0.113. The van der Waals surface area contributed by atoms with Crippen molar-refractivity contribution in [3.05, 3.63) is 65.2 Å². The minimum Gasteiger partial charge on any atom is -0.469 e. The van der Waals surface area contributed by atoms with E-state index in [0.717, 1.165) is 16.9 Å². The largest absolute Gasteiger partial charge is 0.469 e. The summed E-state index contributed by atoms with van der Waals surface area (Å²) >= 11 is 7.36. The average Bonchev–Trinajstić information content (AvgIpc) is 3.42. The molecule has 0 saturated heterocycles. The normalized spacial score (nSPS) is 11.0. The van der Waals surface area contributed by atoms with Crippen molar-refractivity contribution in [2.75, 3.05) is 11.1 Å². The Hall–Kier alpha value is -3.04. The van der Waals surface area contributed by atoms with Gasteiger partial charge < -0.3 is 14.3 Å². The van der Waals surface area contributed by atoms with E-state index in [4.69, 9.17) is 16.0 Å². The van der Waals surface area contributed by atoms with Gasteiger partial charge in [-0.15, -0.1) is 10.2 Å². The molecular formula is C20H19ClN6O2S. The maximum Gasteiger partial charge on any atom is 0.235 e. The lowest BCUT2D eigenvalue weighted by atomic mass is 10.2. The number of amides is 1. The molecule has 10 heteroatoms. The second-order valence-corrected chi connectivity index (χ2v) is 7.98. The zero-order valence-corrected chi connectivity index (χ0v) is 17.9. The van der Waals surface area contributed by atoms with Crippen LogP contribution < -0.4 is 5.32 Å². The summed E-state index contributed by atoms with van der Waals surface area (Å²) in [4.78, 5) is 12.5. The zero-order valence-electron chi connectivity index (χ0n) is 16.4. The Bertz CT molecular complexity index is 1180. The van der Waals surface area contributed by atoms with Gasteiger partial charge in [0, 0.05) is 18.1 Å². The Morgan fingerprint density at radius 2 is 2.13 bits per heavy atom. The highest BCUT2D eigenvalue weighted by Crippen LogP contribution is 2.26. The maximum atomic E-state index is 12.5. The number of nitrogens with one attached hydrogen (secondary N) is 1. The van der Waals surface area contributed by atoms with Crippen LogP contribution in [-0.4, -0.2) is 36.2 Å². The van der Waals surface area contributed by atoms with E-state index in [0.29, 0.717) is 28.4 Å². The molecule has 4 aromatic rings. The monoisotopic (exact) mass is 442 g/mol. The van der Waals surface area contributed by atoms with Crippen LogP contribution in [0.5, 0.6) is 0 Å². The Labute approximate surface area is 182 Å². The summed E-state index contributed by atoms with van der Waals surface area (Å²) < 4.78 is 8.90. The number of halogens is 1. The number of hydrogen-bond acceptors (Lipinski definition) is 6. The maximum absolute atomic E-state index is 12.5. The van der Waals surface area contributed by atoms with Gasteiger partial charge >= 0.3 is 0 Å². The number of furan rings is 1. The first-order chi connectivity index (χ1) is 14.5. The molecule has 8 nitrogen and oxygen atoms in total. The highest BCUT2D eigenvalue weighted by molar-refractivity contribution is 7.99. The minimum atomic E-state index is -0.156. The molecule has 0 fully saturated rings. The molecule has 1 N–H and O–H groups in total. The summed E-state index contributed by atoms with van der Waals surface area (Å²) in [6, 6.07) is 11.1. The number of carbonyl (C=O) groups excluding carboxylic acids is 1. The van der Waals surface area contributed by atoms with E-state index in [9.17, 15) is 4.79 Å². The predicted molar refractivity (Wildman–Crippen MR) is 116 cm³/mol. The van der Waals surface area contributed by atoms with Gasteiger partial charge in [-0.1, -0.05) is 35.5 Å². The van der Waals surface area contributed by atoms with Crippen LogP contribution in [0.2, 0.25) is 5.02 Å². The number of anilines is 1.